The van der Waals surface area contributed by atoms with Crippen LogP contribution in [0, 0.1) is 13.8 Å². The number of carbonyl (C=O) groups is 2. The Labute approximate surface area is 144 Å². The average molecular weight is 323 g/mol. The fourth-order valence-electron chi connectivity index (χ4n) is 2.46. The molecule has 0 fully saturated rings. The van der Waals surface area contributed by atoms with Gasteiger partial charge in [-0.05, 0) is 20.9 Å². The summed E-state index contributed by atoms with van der Waals surface area (Å²) >= 11 is 0. The van der Waals surface area contributed by atoms with Gasteiger partial charge in [0.05, 0.1) is 0 Å². The molecule has 0 N–H and O–H groups in total. The van der Waals surface area contributed by atoms with E-state index in [9.17, 15) is 9.59 Å². The number of Topliss-reactive ketones (excluding diaryl/α,β-unsaturated/α-hetero) is 2. The second kappa shape index (κ2) is 8.55. The second-order valence-corrected chi connectivity index (χ2v) is 6.38. The van der Waals surface area contributed by atoms with E-state index in [1.807, 2.05) is 74.3 Å². The molecule has 0 unspecified atom stereocenters. The smallest absolute Gasteiger partial charge is 0.164 e. The summed E-state index contributed by atoms with van der Waals surface area (Å²) in [7, 11) is 1.95. The van der Waals surface area contributed by atoms with E-state index in [-0.39, 0.29) is 11.6 Å². The molecule has 2 aromatic rings. The van der Waals surface area contributed by atoms with Crippen LogP contribution in [0.5, 0.6) is 0 Å². The van der Waals surface area contributed by atoms with Crippen LogP contribution in [0.15, 0.2) is 48.5 Å². The van der Waals surface area contributed by atoms with Crippen LogP contribution >= 0.6 is 0 Å². The highest BCUT2D eigenvalue weighted by atomic mass is 16.1. The third kappa shape index (κ3) is 5.43. The first-order chi connectivity index (χ1) is 11.5. The van der Waals surface area contributed by atoms with Crippen LogP contribution in [-0.2, 0) is 0 Å². The van der Waals surface area contributed by atoms with Gasteiger partial charge in [-0.25, -0.2) is 0 Å². The maximum Gasteiger partial charge on any atom is 0.164 e. The second-order valence-electron chi connectivity index (χ2n) is 6.38. The van der Waals surface area contributed by atoms with Crippen molar-refractivity contribution in [2.75, 3.05) is 20.1 Å². The summed E-state index contributed by atoms with van der Waals surface area (Å²) in [5.41, 5.74) is 3.81. The largest absolute Gasteiger partial charge is 0.305 e. The number of rotatable bonds is 8. The first kappa shape index (κ1) is 18.1. The molecule has 0 bridgehead atoms. The summed E-state index contributed by atoms with van der Waals surface area (Å²) in [6, 6.07) is 15.3. The Morgan fingerprint density at radius 1 is 0.708 bits per heavy atom. The van der Waals surface area contributed by atoms with E-state index >= 15 is 0 Å². The van der Waals surface area contributed by atoms with E-state index < -0.39 is 0 Å². The Morgan fingerprint density at radius 2 is 1.04 bits per heavy atom. The summed E-state index contributed by atoms with van der Waals surface area (Å²) in [5.74, 6) is 0.290. The van der Waals surface area contributed by atoms with Gasteiger partial charge in [0, 0.05) is 37.1 Å². The molecule has 0 aliphatic rings. The maximum atomic E-state index is 12.2. The van der Waals surface area contributed by atoms with Crippen LogP contribution in [0.3, 0.4) is 0 Å². The molecule has 0 radical (unpaired) electrons. The van der Waals surface area contributed by atoms with Crippen molar-refractivity contribution < 1.29 is 9.59 Å². The van der Waals surface area contributed by atoms with Crippen molar-refractivity contribution in [2.24, 2.45) is 0 Å². The van der Waals surface area contributed by atoms with Crippen molar-refractivity contribution in [2.45, 2.75) is 26.7 Å². The molecule has 0 aromatic heterocycles. The summed E-state index contributed by atoms with van der Waals surface area (Å²) in [6.45, 7) is 5.34. The lowest BCUT2D eigenvalue weighted by Crippen LogP contribution is -2.24. The van der Waals surface area contributed by atoms with Gasteiger partial charge < -0.3 is 4.90 Å². The van der Waals surface area contributed by atoms with Crippen LogP contribution in [0.2, 0.25) is 0 Å². The van der Waals surface area contributed by atoms with Gasteiger partial charge in [0.2, 0.25) is 0 Å². The Bertz CT molecular complexity index is 625. The zero-order valence-corrected chi connectivity index (χ0v) is 14.7. The van der Waals surface area contributed by atoms with Gasteiger partial charge in [-0.1, -0.05) is 59.7 Å². The number of aryl methyl sites for hydroxylation is 2. The summed E-state index contributed by atoms with van der Waals surface area (Å²) in [6.07, 6.45) is 0.941. The highest BCUT2D eigenvalue weighted by molar-refractivity contribution is 5.96. The molecule has 0 heterocycles. The number of ketones is 2. The third-order valence-electron chi connectivity index (χ3n) is 4.19. The fourth-order valence-corrected chi connectivity index (χ4v) is 2.46. The minimum Gasteiger partial charge on any atom is -0.305 e. The van der Waals surface area contributed by atoms with Gasteiger partial charge in [-0.2, -0.15) is 0 Å². The van der Waals surface area contributed by atoms with Crippen LogP contribution in [0.4, 0.5) is 0 Å². The molecule has 0 spiro atoms. The molecule has 2 aromatic carbocycles. The van der Waals surface area contributed by atoms with Crippen molar-refractivity contribution in [3.05, 3.63) is 70.8 Å². The molecule has 2 rings (SSSR count). The minimum absolute atomic E-state index is 0.145. The number of hydrogen-bond donors (Lipinski definition) is 0. The Morgan fingerprint density at radius 3 is 1.38 bits per heavy atom. The molecular weight excluding hydrogens is 298 g/mol. The predicted octanol–water partition coefficient (Wildman–Crippen LogP) is 4.08. The van der Waals surface area contributed by atoms with Crippen LogP contribution in [0.25, 0.3) is 0 Å². The van der Waals surface area contributed by atoms with Crippen molar-refractivity contribution in [1.29, 1.82) is 0 Å². The minimum atomic E-state index is 0.145. The van der Waals surface area contributed by atoms with Gasteiger partial charge in [0.15, 0.2) is 11.6 Å². The summed E-state index contributed by atoms with van der Waals surface area (Å²) in [5, 5.41) is 0. The van der Waals surface area contributed by atoms with Gasteiger partial charge in [-0.3, -0.25) is 9.59 Å². The molecule has 0 amide bonds. The highest BCUT2D eigenvalue weighted by Crippen LogP contribution is 2.08. The van der Waals surface area contributed by atoms with Gasteiger partial charge in [0.25, 0.3) is 0 Å². The maximum absolute atomic E-state index is 12.2. The van der Waals surface area contributed by atoms with Gasteiger partial charge in [0.1, 0.15) is 0 Å². The van der Waals surface area contributed by atoms with E-state index in [0.717, 1.165) is 22.3 Å². The molecule has 24 heavy (non-hydrogen) atoms. The molecular formula is C21H25NO2. The normalized spacial score (nSPS) is 10.8. The van der Waals surface area contributed by atoms with E-state index in [1.54, 1.807) is 0 Å². The third-order valence-corrected chi connectivity index (χ3v) is 4.19. The number of nitrogens with zero attached hydrogens (tertiary/aromatic N) is 1. The predicted molar refractivity (Wildman–Crippen MR) is 97.8 cm³/mol. The number of hydrogen-bond acceptors (Lipinski definition) is 3. The van der Waals surface area contributed by atoms with E-state index in [0.29, 0.717) is 25.9 Å². The molecule has 126 valence electrons. The van der Waals surface area contributed by atoms with Crippen molar-refractivity contribution in [1.82, 2.24) is 4.90 Å². The summed E-state index contributed by atoms with van der Waals surface area (Å²) in [4.78, 5) is 26.4. The Balaban J connectivity index is 1.75. The van der Waals surface area contributed by atoms with Crippen molar-refractivity contribution in [3.8, 4) is 0 Å². The molecule has 0 saturated heterocycles. The van der Waals surface area contributed by atoms with E-state index in [1.165, 1.54) is 0 Å². The molecule has 0 aliphatic heterocycles. The Kier molecular flexibility index (Phi) is 6.44. The van der Waals surface area contributed by atoms with Crippen molar-refractivity contribution in [3.63, 3.8) is 0 Å². The molecule has 0 atom stereocenters. The molecule has 3 heteroatoms. The topological polar surface area (TPSA) is 37.4 Å². The van der Waals surface area contributed by atoms with Crippen molar-refractivity contribution >= 4 is 11.6 Å². The zero-order chi connectivity index (χ0) is 17.5. The molecule has 0 saturated carbocycles. The molecule has 0 aliphatic carbocycles. The number of benzene rings is 2. The lowest BCUT2D eigenvalue weighted by Gasteiger charge is -2.15. The summed E-state index contributed by atoms with van der Waals surface area (Å²) < 4.78 is 0. The lowest BCUT2D eigenvalue weighted by atomic mass is 10.1. The monoisotopic (exact) mass is 323 g/mol. The van der Waals surface area contributed by atoms with Gasteiger partial charge >= 0.3 is 0 Å². The Hall–Kier alpha value is -2.26. The fraction of sp³-hybridized carbons (Fsp3) is 0.333. The zero-order valence-electron chi connectivity index (χ0n) is 14.7. The van der Waals surface area contributed by atoms with E-state index in [4.69, 9.17) is 0 Å². The lowest BCUT2D eigenvalue weighted by molar-refractivity contribution is 0.0956. The van der Waals surface area contributed by atoms with E-state index in [2.05, 4.69) is 0 Å². The van der Waals surface area contributed by atoms with Gasteiger partial charge in [-0.15, -0.1) is 0 Å². The van der Waals surface area contributed by atoms with Crippen LogP contribution in [0.1, 0.15) is 44.7 Å². The van der Waals surface area contributed by atoms with Crippen LogP contribution < -0.4 is 0 Å². The number of carbonyl (C=O) groups excluding carboxylic acids is 2. The average Bonchev–Trinajstić information content (AvgIpc) is 2.58. The molecule has 3 nitrogen and oxygen atoms in total. The van der Waals surface area contributed by atoms with Crippen LogP contribution in [-0.4, -0.2) is 36.6 Å². The first-order valence-corrected chi connectivity index (χ1v) is 8.34. The highest BCUT2D eigenvalue weighted by Gasteiger charge is 2.10. The quantitative estimate of drug-likeness (QED) is 0.687. The SMILES string of the molecule is Cc1ccc(C(=O)CCN(C)CCC(=O)c2ccc(C)cc2)cc1. The standard InChI is InChI=1S/C21H25NO2/c1-16-4-8-18(9-5-16)20(23)12-14-22(3)15-13-21(24)19-10-6-17(2)7-11-19/h4-11H,12-15H2,1-3H3. The first-order valence-electron chi connectivity index (χ1n) is 8.34.